The van der Waals surface area contributed by atoms with E-state index in [4.69, 9.17) is 4.74 Å². The SMILES string of the molecule is O=C(OCC(=O)N1CCCc2ccccc21)c1cccc(NS(=O)(=O)c2ccccc2)c1. The van der Waals surface area contributed by atoms with Gasteiger partial charge in [-0.25, -0.2) is 13.2 Å². The van der Waals surface area contributed by atoms with Gasteiger partial charge >= 0.3 is 5.97 Å². The minimum atomic E-state index is -3.79. The maximum atomic E-state index is 12.7. The second-order valence-corrected chi connectivity index (χ2v) is 9.04. The molecule has 0 spiro atoms. The standard InChI is InChI=1S/C24H22N2O5S/c27-23(26-15-7-10-18-8-4-5-14-22(18)26)17-31-24(28)19-9-6-11-20(16-19)25-32(29,30)21-12-2-1-3-13-21/h1-6,8-9,11-14,16,25H,7,10,15,17H2. The van der Waals surface area contributed by atoms with Gasteiger partial charge in [0.2, 0.25) is 0 Å². The zero-order valence-electron chi connectivity index (χ0n) is 17.2. The number of amides is 1. The van der Waals surface area contributed by atoms with Gasteiger partial charge in [0.15, 0.2) is 6.61 Å². The third-order valence-corrected chi connectivity index (χ3v) is 6.54. The lowest BCUT2D eigenvalue weighted by molar-refractivity contribution is -0.121. The van der Waals surface area contributed by atoms with Crippen LogP contribution in [0.3, 0.4) is 0 Å². The number of fused-ring (bicyclic) bond motifs is 1. The summed E-state index contributed by atoms with van der Waals surface area (Å²) >= 11 is 0. The topological polar surface area (TPSA) is 92.8 Å². The molecule has 3 aromatic rings. The molecule has 1 aliphatic rings. The van der Waals surface area contributed by atoms with Crippen molar-refractivity contribution in [3.8, 4) is 0 Å². The number of anilines is 2. The molecule has 1 amide bonds. The van der Waals surface area contributed by atoms with Crippen LogP contribution in [-0.4, -0.2) is 33.4 Å². The molecule has 0 atom stereocenters. The largest absolute Gasteiger partial charge is 0.452 e. The molecule has 4 rings (SSSR count). The van der Waals surface area contributed by atoms with Crippen molar-refractivity contribution in [2.75, 3.05) is 22.8 Å². The van der Waals surface area contributed by atoms with Gasteiger partial charge in [0, 0.05) is 17.9 Å². The van der Waals surface area contributed by atoms with Crippen LogP contribution in [0.25, 0.3) is 0 Å². The smallest absolute Gasteiger partial charge is 0.338 e. The van der Waals surface area contributed by atoms with Crippen molar-refractivity contribution in [1.82, 2.24) is 0 Å². The Morgan fingerprint density at radius 1 is 0.938 bits per heavy atom. The van der Waals surface area contributed by atoms with Gasteiger partial charge in [-0.2, -0.15) is 0 Å². The molecule has 0 unspecified atom stereocenters. The monoisotopic (exact) mass is 450 g/mol. The van der Waals surface area contributed by atoms with E-state index in [0.717, 1.165) is 24.1 Å². The van der Waals surface area contributed by atoms with E-state index < -0.39 is 22.6 Å². The average Bonchev–Trinajstić information content (AvgIpc) is 2.82. The fraction of sp³-hybridized carbons (Fsp3) is 0.167. The Kier molecular flexibility index (Phi) is 6.23. The Morgan fingerprint density at radius 2 is 1.69 bits per heavy atom. The van der Waals surface area contributed by atoms with Crippen LogP contribution in [0.4, 0.5) is 11.4 Å². The van der Waals surface area contributed by atoms with Crippen molar-refractivity contribution >= 4 is 33.3 Å². The summed E-state index contributed by atoms with van der Waals surface area (Å²) in [5.41, 5.74) is 2.30. The molecule has 0 aromatic heterocycles. The van der Waals surface area contributed by atoms with E-state index in [0.29, 0.717) is 6.54 Å². The molecule has 1 N–H and O–H groups in total. The van der Waals surface area contributed by atoms with Crippen molar-refractivity contribution in [1.29, 1.82) is 0 Å². The predicted octanol–water partition coefficient (Wildman–Crippen LogP) is 3.62. The van der Waals surface area contributed by atoms with Gasteiger partial charge in [-0.05, 0) is 54.8 Å². The molecule has 8 heteroatoms. The molecule has 0 radical (unpaired) electrons. The number of ether oxygens (including phenoxy) is 1. The van der Waals surface area contributed by atoms with Gasteiger partial charge in [-0.15, -0.1) is 0 Å². The second kappa shape index (κ2) is 9.23. The normalized spacial score (nSPS) is 13.2. The number of carbonyl (C=O) groups is 2. The van der Waals surface area contributed by atoms with Crippen molar-refractivity contribution < 1.29 is 22.7 Å². The van der Waals surface area contributed by atoms with E-state index in [1.807, 2.05) is 24.3 Å². The van der Waals surface area contributed by atoms with E-state index in [9.17, 15) is 18.0 Å². The van der Waals surface area contributed by atoms with Crippen molar-refractivity contribution in [3.05, 3.63) is 90.0 Å². The zero-order chi connectivity index (χ0) is 22.6. The number of hydrogen-bond acceptors (Lipinski definition) is 5. The summed E-state index contributed by atoms with van der Waals surface area (Å²) in [6.45, 7) is 0.178. The average molecular weight is 451 g/mol. The van der Waals surface area contributed by atoms with E-state index in [2.05, 4.69) is 4.72 Å². The number of nitrogens with zero attached hydrogens (tertiary/aromatic N) is 1. The fourth-order valence-corrected chi connectivity index (χ4v) is 4.68. The van der Waals surface area contributed by atoms with Crippen LogP contribution >= 0.6 is 0 Å². The van der Waals surface area contributed by atoms with E-state index in [1.165, 1.54) is 30.3 Å². The molecule has 0 aliphatic carbocycles. The molecule has 0 saturated heterocycles. The number of benzene rings is 3. The highest BCUT2D eigenvalue weighted by Gasteiger charge is 2.23. The van der Waals surface area contributed by atoms with Crippen LogP contribution in [0.15, 0.2) is 83.8 Å². The minimum absolute atomic E-state index is 0.111. The third kappa shape index (κ3) is 4.81. The minimum Gasteiger partial charge on any atom is -0.452 e. The van der Waals surface area contributed by atoms with E-state index >= 15 is 0 Å². The summed E-state index contributed by atoms with van der Waals surface area (Å²) in [5.74, 6) is -1.00. The second-order valence-electron chi connectivity index (χ2n) is 7.35. The highest BCUT2D eigenvalue weighted by atomic mass is 32.2. The lowest BCUT2D eigenvalue weighted by atomic mass is 10.0. The molecule has 164 valence electrons. The first-order valence-electron chi connectivity index (χ1n) is 10.2. The highest BCUT2D eigenvalue weighted by Crippen LogP contribution is 2.26. The van der Waals surface area contributed by atoms with E-state index in [1.54, 1.807) is 29.2 Å². The zero-order valence-corrected chi connectivity index (χ0v) is 18.0. The Hall–Kier alpha value is -3.65. The van der Waals surface area contributed by atoms with Gasteiger partial charge < -0.3 is 9.64 Å². The fourth-order valence-electron chi connectivity index (χ4n) is 3.60. The number of esters is 1. The molecular weight excluding hydrogens is 428 g/mol. The first-order chi connectivity index (χ1) is 15.4. The summed E-state index contributed by atoms with van der Waals surface area (Å²) in [4.78, 5) is 26.9. The number of hydrogen-bond donors (Lipinski definition) is 1. The molecule has 1 heterocycles. The van der Waals surface area contributed by atoms with Crippen LogP contribution in [0.2, 0.25) is 0 Å². The van der Waals surface area contributed by atoms with Gasteiger partial charge in [0.25, 0.3) is 15.9 Å². The molecule has 3 aromatic carbocycles. The Morgan fingerprint density at radius 3 is 2.50 bits per heavy atom. The molecule has 0 saturated carbocycles. The Labute approximate surface area is 186 Å². The predicted molar refractivity (Wildman–Crippen MR) is 121 cm³/mol. The number of para-hydroxylation sites is 1. The maximum Gasteiger partial charge on any atom is 0.338 e. The third-order valence-electron chi connectivity index (χ3n) is 5.14. The molecule has 1 aliphatic heterocycles. The van der Waals surface area contributed by atoms with Crippen LogP contribution in [0, 0.1) is 0 Å². The van der Waals surface area contributed by atoms with Gasteiger partial charge in [0.1, 0.15) is 0 Å². The quantitative estimate of drug-likeness (QED) is 0.579. The summed E-state index contributed by atoms with van der Waals surface area (Å²) in [5, 5.41) is 0. The van der Waals surface area contributed by atoms with E-state index in [-0.39, 0.29) is 22.1 Å². The molecule has 0 bridgehead atoms. The summed E-state index contributed by atoms with van der Waals surface area (Å²) in [6.07, 6.45) is 1.76. The van der Waals surface area contributed by atoms with Crippen LogP contribution < -0.4 is 9.62 Å². The maximum absolute atomic E-state index is 12.7. The lowest BCUT2D eigenvalue weighted by Crippen LogP contribution is -2.38. The van der Waals surface area contributed by atoms with Crippen LogP contribution in [-0.2, 0) is 26.0 Å². The number of carbonyl (C=O) groups excluding carboxylic acids is 2. The van der Waals surface area contributed by atoms with Crippen LogP contribution in [0.1, 0.15) is 22.3 Å². The van der Waals surface area contributed by atoms with Crippen molar-refractivity contribution in [3.63, 3.8) is 0 Å². The Balaban J connectivity index is 1.41. The molecule has 32 heavy (non-hydrogen) atoms. The number of aryl methyl sites for hydroxylation is 1. The summed E-state index contributed by atoms with van der Waals surface area (Å²) in [7, 11) is -3.79. The highest BCUT2D eigenvalue weighted by molar-refractivity contribution is 7.92. The van der Waals surface area contributed by atoms with Gasteiger partial charge in [-0.1, -0.05) is 42.5 Å². The molecule has 0 fully saturated rings. The first-order valence-corrected chi connectivity index (χ1v) is 11.7. The molecular formula is C24H22N2O5S. The van der Waals surface area contributed by atoms with Crippen molar-refractivity contribution in [2.45, 2.75) is 17.7 Å². The van der Waals surface area contributed by atoms with Crippen molar-refractivity contribution in [2.24, 2.45) is 0 Å². The lowest BCUT2D eigenvalue weighted by Gasteiger charge is -2.29. The molecule has 7 nitrogen and oxygen atoms in total. The van der Waals surface area contributed by atoms with Gasteiger partial charge in [-0.3, -0.25) is 9.52 Å². The summed E-state index contributed by atoms with van der Waals surface area (Å²) in [6, 6.07) is 21.6. The van der Waals surface area contributed by atoms with Crippen LogP contribution in [0.5, 0.6) is 0 Å². The van der Waals surface area contributed by atoms with Gasteiger partial charge in [0.05, 0.1) is 10.5 Å². The number of sulfonamides is 1. The first kappa shape index (κ1) is 21.6. The Bertz CT molecular complexity index is 1240. The summed E-state index contributed by atoms with van der Waals surface area (Å²) < 4.78 is 32.7. The number of rotatable bonds is 6. The number of nitrogens with one attached hydrogen (secondary N) is 1.